The van der Waals surface area contributed by atoms with Crippen LogP contribution in [0.1, 0.15) is 45.2 Å². The number of nitrogens with two attached hydrogens (primary N) is 1. The second-order valence-electron chi connectivity index (χ2n) is 5.59. The molecule has 0 unspecified atom stereocenters. The molecule has 3 N–H and O–H groups in total. The highest BCUT2D eigenvalue weighted by atomic mass is 15.3. The van der Waals surface area contributed by atoms with E-state index in [1.807, 2.05) is 11.7 Å². The van der Waals surface area contributed by atoms with Gasteiger partial charge in [0, 0.05) is 13.6 Å². The molecule has 0 aliphatic heterocycles. The van der Waals surface area contributed by atoms with Crippen LogP contribution in [0.5, 0.6) is 0 Å². The Balaban J connectivity index is 2.13. The van der Waals surface area contributed by atoms with Crippen molar-refractivity contribution in [2.45, 2.75) is 39.5 Å². The molecule has 1 aromatic heterocycles. The molecule has 1 aliphatic rings. The third kappa shape index (κ3) is 2.01. The van der Waals surface area contributed by atoms with Gasteiger partial charge in [0.2, 0.25) is 0 Å². The Kier molecular flexibility index (Phi) is 2.60. The normalized spacial score (nSPS) is 17.8. The van der Waals surface area contributed by atoms with E-state index < -0.39 is 0 Å². The molecule has 1 aromatic rings. The molecule has 1 fully saturated rings. The van der Waals surface area contributed by atoms with E-state index in [1.165, 1.54) is 12.8 Å². The van der Waals surface area contributed by atoms with E-state index in [0.717, 1.165) is 23.7 Å². The summed E-state index contributed by atoms with van der Waals surface area (Å²) in [5, 5.41) is 7.89. The molecule has 0 radical (unpaired) electrons. The van der Waals surface area contributed by atoms with Crippen LogP contribution in [-0.2, 0) is 7.05 Å². The minimum absolute atomic E-state index is 0.373. The van der Waals surface area contributed by atoms with Crippen LogP contribution in [0.3, 0.4) is 0 Å². The lowest BCUT2D eigenvalue weighted by atomic mass is 10.1. The van der Waals surface area contributed by atoms with Crippen LogP contribution < -0.4 is 11.1 Å². The van der Waals surface area contributed by atoms with Crippen molar-refractivity contribution >= 4 is 11.5 Å². The molecule has 0 aromatic carbocycles. The maximum Gasteiger partial charge on any atom is 0.147 e. The van der Waals surface area contributed by atoms with Crippen molar-refractivity contribution < 1.29 is 0 Å². The van der Waals surface area contributed by atoms with Gasteiger partial charge in [-0.2, -0.15) is 5.10 Å². The van der Waals surface area contributed by atoms with Gasteiger partial charge in [0.05, 0.1) is 11.4 Å². The molecular weight excluding hydrogens is 200 g/mol. The van der Waals surface area contributed by atoms with Gasteiger partial charge in [-0.05, 0) is 24.2 Å². The van der Waals surface area contributed by atoms with Crippen molar-refractivity contribution in [3.05, 3.63) is 5.69 Å². The van der Waals surface area contributed by atoms with Crippen LogP contribution in [-0.4, -0.2) is 16.3 Å². The molecule has 0 atom stereocenters. The molecule has 2 rings (SSSR count). The first-order valence-electron chi connectivity index (χ1n) is 5.99. The fraction of sp³-hybridized carbons (Fsp3) is 0.750. The number of nitrogens with one attached hydrogen (secondary N) is 1. The second kappa shape index (κ2) is 3.68. The topological polar surface area (TPSA) is 55.9 Å². The second-order valence-corrected chi connectivity index (χ2v) is 5.59. The zero-order valence-electron chi connectivity index (χ0n) is 10.7. The fourth-order valence-corrected chi connectivity index (χ4v) is 1.88. The average Bonchev–Trinajstić information content (AvgIpc) is 2.85. The zero-order chi connectivity index (χ0) is 11.9. The summed E-state index contributed by atoms with van der Waals surface area (Å²) in [6, 6.07) is 0. The quantitative estimate of drug-likeness (QED) is 0.822. The third-order valence-electron chi connectivity index (χ3n) is 3.45. The lowest BCUT2D eigenvalue weighted by molar-refractivity contribution is 0.604. The van der Waals surface area contributed by atoms with Crippen molar-refractivity contribution in [3.63, 3.8) is 0 Å². The van der Waals surface area contributed by atoms with Crippen molar-refractivity contribution in [1.82, 2.24) is 9.78 Å². The highest BCUT2D eigenvalue weighted by molar-refractivity contribution is 5.65. The predicted octanol–water partition coefficient (Wildman–Crippen LogP) is 2.34. The van der Waals surface area contributed by atoms with E-state index in [4.69, 9.17) is 5.73 Å². The van der Waals surface area contributed by atoms with Crippen LogP contribution in [0.2, 0.25) is 0 Å². The highest BCUT2D eigenvalue weighted by Crippen LogP contribution is 2.45. The molecule has 16 heavy (non-hydrogen) atoms. The molecule has 4 nitrogen and oxygen atoms in total. The maximum absolute atomic E-state index is 6.11. The number of hydrogen-bond donors (Lipinski definition) is 2. The Bertz CT molecular complexity index is 388. The lowest BCUT2D eigenvalue weighted by Crippen LogP contribution is -2.14. The van der Waals surface area contributed by atoms with Gasteiger partial charge in [-0.1, -0.05) is 20.8 Å². The van der Waals surface area contributed by atoms with Crippen LogP contribution in [0, 0.1) is 5.41 Å². The van der Waals surface area contributed by atoms with Crippen LogP contribution in [0.15, 0.2) is 0 Å². The number of nitrogens with zero attached hydrogens (tertiary/aromatic N) is 2. The number of aryl methyl sites for hydroxylation is 1. The standard InChI is InChI=1S/C12H22N4/c1-8(2)10-9(13)11(16(4)15-10)14-7-12(3)5-6-12/h8,14H,5-7,13H2,1-4H3. The van der Waals surface area contributed by atoms with Crippen molar-refractivity contribution in [2.24, 2.45) is 12.5 Å². The minimum Gasteiger partial charge on any atom is -0.394 e. The molecule has 1 saturated carbocycles. The van der Waals surface area contributed by atoms with Gasteiger partial charge >= 0.3 is 0 Å². The molecule has 4 heteroatoms. The fourth-order valence-electron chi connectivity index (χ4n) is 1.88. The number of anilines is 2. The van der Waals surface area contributed by atoms with E-state index in [0.29, 0.717) is 11.3 Å². The monoisotopic (exact) mass is 222 g/mol. The van der Waals surface area contributed by atoms with Gasteiger partial charge in [-0.3, -0.25) is 4.68 Å². The van der Waals surface area contributed by atoms with Crippen molar-refractivity contribution in [3.8, 4) is 0 Å². The summed E-state index contributed by atoms with van der Waals surface area (Å²) < 4.78 is 1.86. The van der Waals surface area contributed by atoms with Gasteiger partial charge in [-0.25, -0.2) is 0 Å². The van der Waals surface area contributed by atoms with E-state index >= 15 is 0 Å². The van der Waals surface area contributed by atoms with Crippen molar-refractivity contribution in [2.75, 3.05) is 17.6 Å². The molecular formula is C12H22N4. The number of aromatic nitrogens is 2. The number of hydrogen-bond acceptors (Lipinski definition) is 3. The van der Waals surface area contributed by atoms with E-state index in [-0.39, 0.29) is 0 Å². The highest BCUT2D eigenvalue weighted by Gasteiger charge is 2.37. The van der Waals surface area contributed by atoms with Gasteiger partial charge in [0.25, 0.3) is 0 Å². The molecule has 1 aliphatic carbocycles. The minimum atomic E-state index is 0.373. The summed E-state index contributed by atoms with van der Waals surface area (Å²) >= 11 is 0. The van der Waals surface area contributed by atoms with Gasteiger partial charge in [0.15, 0.2) is 0 Å². The zero-order valence-corrected chi connectivity index (χ0v) is 10.7. The maximum atomic E-state index is 6.11. The summed E-state index contributed by atoms with van der Waals surface area (Å²) in [6.07, 6.45) is 2.63. The Morgan fingerprint density at radius 2 is 2.12 bits per heavy atom. The van der Waals surface area contributed by atoms with E-state index in [1.54, 1.807) is 0 Å². The van der Waals surface area contributed by atoms with E-state index in [9.17, 15) is 0 Å². The first-order valence-corrected chi connectivity index (χ1v) is 5.99. The molecule has 0 saturated heterocycles. The number of nitrogen functional groups attached to an aromatic ring is 1. The Hall–Kier alpha value is -1.19. The largest absolute Gasteiger partial charge is 0.394 e. The first-order chi connectivity index (χ1) is 7.43. The molecule has 0 bridgehead atoms. The third-order valence-corrected chi connectivity index (χ3v) is 3.45. The predicted molar refractivity (Wildman–Crippen MR) is 67.5 cm³/mol. The summed E-state index contributed by atoms with van der Waals surface area (Å²) in [5.74, 6) is 1.34. The van der Waals surface area contributed by atoms with Gasteiger partial charge in [-0.15, -0.1) is 0 Å². The van der Waals surface area contributed by atoms with Crippen LogP contribution >= 0.6 is 0 Å². The summed E-state index contributed by atoms with van der Waals surface area (Å²) in [6.45, 7) is 7.53. The van der Waals surface area contributed by atoms with Crippen LogP contribution in [0.25, 0.3) is 0 Å². The SMILES string of the molecule is CC(C)c1nn(C)c(NCC2(C)CC2)c1N. The number of rotatable bonds is 4. The molecule has 1 heterocycles. The summed E-state index contributed by atoms with van der Waals surface area (Å²) in [4.78, 5) is 0. The van der Waals surface area contributed by atoms with Gasteiger partial charge in [0.1, 0.15) is 5.82 Å². The first kappa shape index (κ1) is 11.3. The van der Waals surface area contributed by atoms with Crippen LogP contribution in [0.4, 0.5) is 11.5 Å². The van der Waals surface area contributed by atoms with Gasteiger partial charge < -0.3 is 11.1 Å². The van der Waals surface area contributed by atoms with Crippen molar-refractivity contribution in [1.29, 1.82) is 0 Å². The summed E-state index contributed by atoms with van der Waals surface area (Å²) in [5.41, 5.74) is 8.39. The molecule has 0 spiro atoms. The Morgan fingerprint density at radius 1 is 1.50 bits per heavy atom. The van der Waals surface area contributed by atoms with E-state index in [2.05, 4.69) is 31.2 Å². The molecule has 90 valence electrons. The molecule has 0 amide bonds. The summed E-state index contributed by atoms with van der Waals surface area (Å²) in [7, 11) is 1.94. The average molecular weight is 222 g/mol. The smallest absolute Gasteiger partial charge is 0.147 e. The lowest BCUT2D eigenvalue weighted by Gasteiger charge is -2.12. The Labute approximate surface area is 97.2 Å². The Morgan fingerprint density at radius 3 is 2.56 bits per heavy atom.